The van der Waals surface area contributed by atoms with Crippen LogP contribution < -0.4 is 16.4 Å². The summed E-state index contributed by atoms with van der Waals surface area (Å²) in [7, 11) is 0. The van der Waals surface area contributed by atoms with Crippen LogP contribution in [0.3, 0.4) is 0 Å². The number of phenols is 2. The van der Waals surface area contributed by atoms with E-state index in [0.717, 1.165) is 0 Å². The number of carbonyl (C=O) groups is 2. The van der Waals surface area contributed by atoms with Crippen molar-refractivity contribution < 1.29 is 24.5 Å². The van der Waals surface area contributed by atoms with Crippen LogP contribution in [0.2, 0.25) is 0 Å². The van der Waals surface area contributed by atoms with E-state index in [4.69, 9.17) is 10.5 Å². The van der Waals surface area contributed by atoms with Crippen LogP contribution in [0.1, 0.15) is 31.1 Å². The van der Waals surface area contributed by atoms with Crippen molar-refractivity contribution in [2.45, 2.75) is 26.4 Å². The number of amides is 2. The van der Waals surface area contributed by atoms with Crippen LogP contribution in [0.4, 0.5) is 10.7 Å². The van der Waals surface area contributed by atoms with E-state index < -0.39 is 17.6 Å². The number of rotatable bonds is 5. The summed E-state index contributed by atoms with van der Waals surface area (Å²) in [5, 5.41) is 28.8. The molecule has 0 saturated heterocycles. The minimum Gasteiger partial charge on any atom is -0.508 e. The second kappa shape index (κ2) is 8.34. The molecular weight excluding hydrogens is 406 g/mol. The molecular formula is C19H23N7O5. The topological polar surface area (TPSA) is 177 Å². The number of fused-ring (bicyclic) bond motifs is 1. The Balaban J connectivity index is 1.75. The van der Waals surface area contributed by atoms with E-state index in [1.54, 1.807) is 20.8 Å². The van der Waals surface area contributed by atoms with E-state index >= 15 is 0 Å². The predicted octanol–water partition coefficient (Wildman–Crippen LogP) is 1.04. The molecule has 6 N–H and O–H groups in total. The number of alkyl carbamates (subject to hydrolysis) is 1. The molecule has 12 nitrogen and oxygen atoms in total. The van der Waals surface area contributed by atoms with Gasteiger partial charge < -0.3 is 31.3 Å². The van der Waals surface area contributed by atoms with Crippen LogP contribution in [-0.4, -0.2) is 60.5 Å². The zero-order valence-corrected chi connectivity index (χ0v) is 17.2. The van der Waals surface area contributed by atoms with Gasteiger partial charge in [0.2, 0.25) is 5.95 Å². The third-order valence-corrected chi connectivity index (χ3v) is 3.88. The standard InChI is InChI=1S/C19H23N7O5/c1-19(2,3)31-18(30)22-5-4-21-16(29)13-9-23-17(20)26-15(13)24-14(25-26)10-6-11(27)8-12(28)7-10/h6-9,27-28H,4-5H2,1-3H3,(H2,20,23)(H,21,29)(H,22,30). The molecule has 0 fully saturated rings. The van der Waals surface area contributed by atoms with E-state index in [1.807, 2.05) is 0 Å². The van der Waals surface area contributed by atoms with Gasteiger partial charge in [-0.2, -0.15) is 4.52 Å². The van der Waals surface area contributed by atoms with Gasteiger partial charge in [0.15, 0.2) is 11.5 Å². The van der Waals surface area contributed by atoms with E-state index in [2.05, 4.69) is 25.7 Å². The molecule has 2 heterocycles. The highest BCUT2D eigenvalue weighted by molar-refractivity contribution is 5.99. The lowest BCUT2D eigenvalue weighted by Gasteiger charge is -2.19. The van der Waals surface area contributed by atoms with Crippen LogP contribution in [0.5, 0.6) is 11.5 Å². The van der Waals surface area contributed by atoms with Crippen LogP contribution >= 0.6 is 0 Å². The number of nitrogen functional groups attached to an aromatic ring is 1. The number of benzene rings is 1. The first-order valence-corrected chi connectivity index (χ1v) is 9.33. The summed E-state index contributed by atoms with van der Waals surface area (Å²) in [5.74, 6) is -0.709. The third kappa shape index (κ3) is 5.29. The molecule has 0 aliphatic carbocycles. The largest absolute Gasteiger partial charge is 0.508 e. The SMILES string of the molecule is CC(C)(C)OC(=O)NCCNC(=O)c1cnc(N)n2nc(-c3cc(O)cc(O)c3)nc12. The molecule has 0 aliphatic rings. The van der Waals surface area contributed by atoms with Gasteiger partial charge in [0, 0.05) is 30.9 Å². The van der Waals surface area contributed by atoms with Gasteiger partial charge in [0.05, 0.1) is 0 Å². The van der Waals surface area contributed by atoms with E-state index in [0.29, 0.717) is 5.56 Å². The molecule has 31 heavy (non-hydrogen) atoms. The van der Waals surface area contributed by atoms with Crippen molar-refractivity contribution in [1.29, 1.82) is 0 Å². The van der Waals surface area contributed by atoms with Crippen molar-refractivity contribution in [2.24, 2.45) is 0 Å². The Bertz CT molecular complexity index is 1120. The number of nitrogens with one attached hydrogen (secondary N) is 2. The van der Waals surface area contributed by atoms with Gasteiger partial charge in [0.1, 0.15) is 22.7 Å². The summed E-state index contributed by atoms with van der Waals surface area (Å²) in [5.41, 5.74) is 5.80. The highest BCUT2D eigenvalue weighted by atomic mass is 16.6. The Morgan fingerprint density at radius 3 is 2.42 bits per heavy atom. The number of nitrogens with zero attached hydrogens (tertiary/aromatic N) is 4. The predicted molar refractivity (Wildman–Crippen MR) is 111 cm³/mol. The molecule has 2 aromatic heterocycles. The third-order valence-electron chi connectivity index (χ3n) is 3.88. The number of anilines is 1. The maximum Gasteiger partial charge on any atom is 0.407 e. The van der Waals surface area contributed by atoms with Crippen molar-refractivity contribution in [3.05, 3.63) is 30.0 Å². The van der Waals surface area contributed by atoms with Gasteiger partial charge in [-0.05, 0) is 32.9 Å². The first-order valence-electron chi connectivity index (χ1n) is 9.33. The molecule has 3 aromatic rings. The summed E-state index contributed by atoms with van der Waals surface area (Å²) < 4.78 is 6.30. The summed E-state index contributed by atoms with van der Waals surface area (Å²) in [4.78, 5) is 32.5. The molecule has 0 aliphatic heterocycles. The van der Waals surface area contributed by atoms with Gasteiger partial charge in [-0.15, -0.1) is 5.10 Å². The van der Waals surface area contributed by atoms with Crippen LogP contribution in [0.25, 0.3) is 17.0 Å². The van der Waals surface area contributed by atoms with Gasteiger partial charge in [-0.3, -0.25) is 4.79 Å². The minimum absolute atomic E-state index is 0.00117. The summed E-state index contributed by atoms with van der Waals surface area (Å²) in [6.07, 6.45) is 0.675. The Hall–Kier alpha value is -4.09. The number of phenolic OH excluding ortho intramolecular Hbond substituents is 2. The first-order chi connectivity index (χ1) is 14.5. The molecule has 164 valence electrons. The second-order valence-electron chi connectivity index (χ2n) is 7.62. The fraction of sp³-hybridized carbons (Fsp3) is 0.316. The van der Waals surface area contributed by atoms with Gasteiger partial charge in [-0.25, -0.2) is 14.8 Å². The maximum atomic E-state index is 12.6. The molecule has 0 saturated carbocycles. The Morgan fingerprint density at radius 1 is 1.13 bits per heavy atom. The number of aromatic hydroxyl groups is 2. The molecule has 0 unspecified atom stereocenters. The summed E-state index contributed by atoms with van der Waals surface area (Å²) in [6, 6.07) is 3.89. The molecule has 2 amide bonds. The molecule has 0 bridgehead atoms. The normalized spacial score (nSPS) is 11.3. The number of nitrogens with two attached hydrogens (primary N) is 1. The molecule has 12 heteroatoms. The smallest absolute Gasteiger partial charge is 0.407 e. The van der Waals surface area contributed by atoms with Crippen LogP contribution in [0, 0.1) is 0 Å². The van der Waals surface area contributed by atoms with Gasteiger partial charge in [-0.1, -0.05) is 0 Å². The summed E-state index contributed by atoms with van der Waals surface area (Å²) >= 11 is 0. The Labute approximate surface area is 177 Å². The van der Waals surface area contributed by atoms with Gasteiger partial charge >= 0.3 is 6.09 Å². The lowest BCUT2D eigenvalue weighted by atomic mass is 10.2. The molecule has 0 radical (unpaired) electrons. The molecule has 0 atom stereocenters. The van der Waals surface area contributed by atoms with E-state index in [1.165, 1.54) is 28.9 Å². The van der Waals surface area contributed by atoms with Crippen molar-refractivity contribution in [3.8, 4) is 22.9 Å². The lowest BCUT2D eigenvalue weighted by Crippen LogP contribution is -2.38. The zero-order chi connectivity index (χ0) is 22.8. The number of hydrogen-bond acceptors (Lipinski definition) is 9. The molecule has 3 rings (SSSR count). The number of ether oxygens (including phenoxy) is 1. The summed E-state index contributed by atoms with van der Waals surface area (Å²) in [6.45, 7) is 5.53. The quantitative estimate of drug-likeness (QED) is 0.371. The fourth-order valence-electron chi connectivity index (χ4n) is 2.65. The first kappa shape index (κ1) is 21.6. The van der Waals surface area contributed by atoms with Crippen molar-refractivity contribution in [1.82, 2.24) is 30.2 Å². The maximum absolute atomic E-state index is 12.6. The number of aromatic nitrogens is 4. The van der Waals surface area contributed by atoms with E-state index in [-0.39, 0.29) is 47.6 Å². The average molecular weight is 429 g/mol. The zero-order valence-electron chi connectivity index (χ0n) is 17.2. The van der Waals surface area contributed by atoms with E-state index in [9.17, 15) is 19.8 Å². The van der Waals surface area contributed by atoms with Crippen molar-refractivity contribution >= 4 is 23.6 Å². The Kier molecular flexibility index (Phi) is 5.81. The average Bonchev–Trinajstić information content (AvgIpc) is 3.09. The molecule has 1 aromatic carbocycles. The lowest BCUT2D eigenvalue weighted by molar-refractivity contribution is 0.0526. The fourth-order valence-corrected chi connectivity index (χ4v) is 2.65. The highest BCUT2D eigenvalue weighted by Crippen LogP contribution is 2.27. The van der Waals surface area contributed by atoms with Gasteiger partial charge in [0.25, 0.3) is 5.91 Å². The van der Waals surface area contributed by atoms with Crippen molar-refractivity contribution in [2.75, 3.05) is 18.8 Å². The minimum atomic E-state index is -0.619. The monoisotopic (exact) mass is 429 g/mol. The number of hydrogen-bond donors (Lipinski definition) is 5. The second-order valence-corrected chi connectivity index (χ2v) is 7.62. The Morgan fingerprint density at radius 2 is 1.77 bits per heavy atom. The van der Waals surface area contributed by atoms with Crippen LogP contribution in [0.15, 0.2) is 24.4 Å². The molecule has 0 spiro atoms. The highest BCUT2D eigenvalue weighted by Gasteiger charge is 2.19. The number of carbonyl (C=O) groups excluding carboxylic acids is 2. The van der Waals surface area contributed by atoms with Crippen LogP contribution in [-0.2, 0) is 4.74 Å². The van der Waals surface area contributed by atoms with Crippen molar-refractivity contribution in [3.63, 3.8) is 0 Å².